The fourth-order valence-electron chi connectivity index (χ4n) is 4.80. The van der Waals surface area contributed by atoms with Crippen molar-refractivity contribution in [1.29, 1.82) is 0 Å². The number of aliphatic hydroxyl groups is 1. The standard InChI is InChI=1S/C19H22ClN3O4/c1-8(24)13-11-12(16(26)23(15(11)25)18(2,3)4)19(22-13)9-6-5-7-10(20)14(9)21-17(19)27/h5-8,11-13,22,24H,1-4H3,(H,21,27)/t8-,11+,12+,13+,19+/m1/s1. The summed E-state index contributed by atoms with van der Waals surface area (Å²) in [6, 6.07) is 4.36. The maximum Gasteiger partial charge on any atom is 0.250 e. The highest BCUT2D eigenvalue weighted by atomic mass is 35.5. The van der Waals surface area contributed by atoms with Gasteiger partial charge in [-0.15, -0.1) is 0 Å². The molecule has 2 saturated heterocycles. The van der Waals surface area contributed by atoms with Crippen molar-refractivity contribution in [1.82, 2.24) is 10.2 Å². The Labute approximate surface area is 162 Å². The van der Waals surface area contributed by atoms with Crippen molar-refractivity contribution >= 4 is 35.0 Å². The van der Waals surface area contributed by atoms with Crippen molar-refractivity contribution in [2.75, 3.05) is 5.32 Å². The Balaban J connectivity index is 1.95. The minimum atomic E-state index is -1.43. The molecule has 3 amide bonds. The number of para-hydroxylation sites is 1. The van der Waals surface area contributed by atoms with E-state index in [0.717, 1.165) is 0 Å². The Morgan fingerprint density at radius 3 is 2.48 bits per heavy atom. The summed E-state index contributed by atoms with van der Waals surface area (Å²) in [5.74, 6) is -2.97. The largest absolute Gasteiger partial charge is 0.392 e. The number of halogens is 1. The van der Waals surface area contributed by atoms with Gasteiger partial charge < -0.3 is 10.4 Å². The third-order valence-electron chi connectivity index (χ3n) is 5.82. The Morgan fingerprint density at radius 1 is 1.22 bits per heavy atom. The highest BCUT2D eigenvalue weighted by Crippen LogP contribution is 2.55. The first-order chi connectivity index (χ1) is 12.5. The van der Waals surface area contributed by atoms with Gasteiger partial charge in [0.05, 0.1) is 28.6 Å². The molecule has 0 aromatic heterocycles. The summed E-state index contributed by atoms with van der Waals surface area (Å²) < 4.78 is 0. The summed E-state index contributed by atoms with van der Waals surface area (Å²) >= 11 is 6.25. The number of amides is 3. The number of fused-ring (bicyclic) bond motifs is 4. The number of aliphatic hydroxyl groups excluding tert-OH is 1. The molecule has 0 radical (unpaired) electrons. The zero-order chi connectivity index (χ0) is 19.9. The third kappa shape index (κ3) is 2.19. The monoisotopic (exact) mass is 391 g/mol. The summed E-state index contributed by atoms with van der Waals surface area (Å²) in [4.78, 5) is 40.9. The van der Waals surface area contributed by atoms with E-state index in [1.54, 1.807) is 45.9 Å². The van der Waals surface area contributed by atoms with Crippen LogP contribution in [0.4, 0.5) is 5.69 Å². The van der Waals surface area contributed by atoms with E-state index in [2.05, 4.69) is 10.6 Å². The maximum absolute atomic E-state index is 13.4. The van der Waals surface area contributed by atoms with E-state index in [4.69, 9.17) is 11.6 Å². The van der Waals surface area contributed by atoms with Crippen molar-refractivity contribution in [2.45, 2.75) is 50.9 Å². The average molecular weight is 392 g/mol. The highest BCUT2D eigenvalue weighted by Gasteiger charge is 2.72. The molecule has 3 aliphatic rings. The minimum absolute atomic E-state index is 0.362. The van der Waals surface area contributed by atoms with Crippen molar-refractivity contribution in [3.8, 4) is 0 Å². The number of likely N-dealkylation sites (tertiary alicyclic amines) is 1. The van der Waals surface area contributed by atoms with E-state index >= 15 is 0 Å². The average Bonchev–Trinajstić information content (AvgIpc) is 3.13. The number of carbonyl (C=O) groups excluding carboxylic acids is 3. The lowest BCUT2D eigenvalue weighted by molar-refractivity contribution is -0.148. The SMILES string of the molecule is C[C@@H](O)[C@@H]1N[C@]2(C(=O)Nc3c(Cl)cccc32)[C@@H]2C(=O)N(C(C)(C)C)C(=O)[C@H]12. The van der Waals surface area contributed by atoms with Gasteiger partial charge in [0.1, 0.15) is 5.54 Å². The number of hydrogen-bond donors (Lipinski definition) is 3. The molecule has 27 heavy (non-hydrogen) atoms. The van der Waals surface area contributed by atoms with Crippen molar-refractivity contribution in [2.24, 2.45) is 11.8 Å². The number of benzene rings is 1. The van der Waals surface area contributed by atoms with Crippen molar-refractivity contribution < 1.29 is 19.5 Å². The normalized spacial score (nSPS) is 33.5. The van der Waals surface area contributed by atoms with Crippen molar-refractivity contribution in [3.63, 3.8) is 0 Å². The van der Waals surface area contributed by atoms with Gasteiger partial charge in [0.2, 0.25) is 17.7 Å². The van der Waals surface area contributed by atoms with Crippen LogP contribution in [0.25, 0.3) is 0 Å². The van der Waals surface area contributed by atoms with Gasteiger partial charge in [-0.25, -0.2) is 0 Å². The highest BCUT2D eigenvalue weighted by molar-refractivity contribution is 6.35. The van der Waals surface area contributed by atoms with Gasteiger partial charge in [0.25, 0.3) is 0 Å². The molecule has 3 N–H and O–H groups in total. The molecule has 3 aliphatic heterocycles. The fourth-order valence-corrected chi connectivity index (χ4v) is 5.02. The summed E-state index contributed by atoms with van der Waals surface area (Å²) in [5.41, 5.74) is -1.18. The van der Waals surface area contributed by atoms with Crippen LogP contribution in [0.3, 0.4) is 0 Å². The van der Waals surface area contributed by atoms with E-state index in [-0.39, 0.29) is 5.91 Å². The lowest BCUT2D eigenvalue weighted by Gasteiger charge is -2.35. The predicted molar refractivity (Wildman–Crippen MR) is 99.0 cm³/mol. The Bertz CT molecular complexity index is 878. The summed E-state index contributed by atoms with van der Waals surface area (Å²) in [6.07, 6.45) is -0.926. The van der Waals surface area contributed by atoms with E-state index in [1.165, 1.54) is 4.90 Å². The van der Waals surface area contributed by atoms with Crippen LogP contribution >= 0.6 is 11.6 Å². The third-order valence-corrected chi connectivity index (χ3v) is 6.14. The van der Waals surface area contributed by atoms with Gasteiger partial charge in [-0.3, -0.25) is 24.6 Å². The van der Waals surface area contributed by atoms with Crippen molar-refractivity contribution in [3.05, 3.63) is 28.8 Å². The predicted octanol–water partition coefficient (Wildman–Crippen LogP) is 1.24. The van der Waals surface area contributed by atoms with Gasteiger partial charge in [0, 0.05) is 17.1 Å². The molecule has 1 aromatic carbocycles. The molecular formula is C19H22ClN3O4. The molecule has 7 nitrogen and oxygen atoms in total. The zero-order valence-corrected chi connectivity index (χ0v) is 16.3. The zero-order valence-electron chi connectivity index (χ0n) is 15.5. The number of anilines is 1. The lowest BCUT2D eigenvalue weighted by Crippen LogP contribution is -2.57. The fraction of sp³-hybridized carbons (Fsp3) is 0.526. The molecule has 0 saturated carbocycles. The second-order valence-corrected chi connectivity index (χ2v) is 8.93. The molecule has 2 fully saturated rings. The number of carbonyl (C=O) groups is 3. The first-order valence-corrected chi connectivity index (χ1v) is 9.33. The van der Waals surface area contributed by atoms with Gasteiger partial charge in [0.15, 0.2) is 0 Å². The van der Waals surface area contributed by atoms with E-state index in [0.29, 0.717) is 16.3 Å². The van der Waals surface area contributed by atoms with Crippen LogP contribution in [-0.2, 0) is 19.9 Å². The molecule has 4 rings (SSSR count). The Kier molecular flexibility index (Phi) is 3.77. The molecular weight excluding hydrogens is 370 g/mol. The van der Waals surface area contributed by atoms with Crippen LogP contribution in [0.2, 0.25) is 5.02 Å². The van der Waals surface area contributed by atoms with Gasteiger partial charge in [-0.2, -0.15) is 0 Å². The van der Waals surface area contributed by atoms with Gasteiger partial charge in [-0.1, -0.05) is 23.7 Å². The summed E-state index contributed by atoms with van der Waals surface area (Å²) in [5, 5.41) is 16.6. The number of imide groups is 1. The number of nitrogens with zero attached hydrogens (tertiary/aromatic N) is 1. The van der Waals surface area contributed by atoms with E-state index in [9.17, 15) is 19.5 Å². The van der Waals surface area contributed by atoms with Crippen LogP contribution < -0.4 is 10.6 Å². The number of hydrogen-bond acceptors (Lipinski definition) is 5. The molecule has 1 aromatic rings. The first-order valence-electron chi connectivity index (χ1n) is 8.96. The molecule has 144 valence electrons. The van der Waals surface area contributed by atoms with Crippen LogP contribution in [-0.4, -0.2) is 45.4 Å². The minimum Gasteiger partial charge on any atom is -0.392 e. The molecule has 0 aliphatic carbocycles. The van der Waals surface area contributed by atoms with Crippen LogP contribution in [0.15, 0.2) is 18.2 Å². The molecule has 0 unspecified atom stereocenters. The lowest BCUT2D eigenvalue weighted by atomic mass is 9.76. The van der Waals surface area contributed by atoms with Gasteiger partial charge >= 0.3 is 0 Å². The van der Waals surface area contributed by atoms with Crippen LogP contribution in [0.5, 0.6) is 0 Å². The second kappa shape index (κ2) is 5.53. The van der Waals surface area contributed by atoms with Crippen LogP contribution in [0.1, 0.15) is 33.3 Å². The van der Waals surface area contributed by atoms with E-state index in [1.807, 2.05) is 0 Å². The quantitative estimate of drug-likeness (QED) is 0.625. The summed E-state index contributed by atoms with van der Waals surface area (Å²) in [7, 11) is 0. The first kappa shape index (κ1) is 18.4. The molecule has 3 heterocycles. The topological polar surface area (TPSA) is 98.7 Å². The Hall–Kier alpha value is -1.96. The maximum atomic E-state index is 13.4. The Morgan fingerprint density at radius 2 is 1.89 bits per heavy atom. The summed E-state index contributed by atoms with van der Waals surface area (Å²) in [6.45, 7) is 6.89. The molecule has 8 heteroatoms. The number of nitrogens with one attached hydrogen (secondary N) is 2. The molecule has 1 spiro atoms. The van der Waals surface area contributed by atoms with Crippen LogP contribution in [0, 0.1) is 11.8 Å². The smallest absolute Gasteiger partial charge is 0.250 e. The van der Waals surface area contributed by atoms with Gasteiger partial charge in [-0.05, 0) is 33.8 Å². The second-order valence-electron chi connectivity index (χ2n) is 8.52. The number of rotatable bonds is 1. The molecule has 5 atom stereocenters. The molecule has 0 bridgehead atoms. The van der Waals surface area contributed by atoms with E-state index < -0.39 is 46.9 Å².